The van der Waals surface area contributed by atoms with Gasteiger partial charge in [0.2, 0.25) is 0 Å². The van der Waals surface area contributed by atoms with Crippen LogP contribution in [0.2, 0.25) is 0 Å². The molecule has 0 spiro atoms. The first-order chi connectivity index (χ1) is 9.89. The second-order valence-corrected chi connectivity index (χ2v) is 5.49. The van der Waals surface area contributed by atoms with Crippen LogP contribution in [0.15, 0.2) is 18.2 Å². The van der Waals surface area contributed by atoms with Crippen LogP contribution in [0.25, 0.3) is 0 Å². The third-order valence-corrected chi connectivity index (χ3v) is 3.16. The molecular weight excluding hydrogens is 272 g/mol. The van der Waals surface area contributed by atoms with Crippen molar-refractivity contribution in [3.05, 3.63) is 23.8 Å². The molecule has 1 saturated heterocycles. The number of rotatable bonds is 4. The summed E-state index contributed by atoms with van der Waals surface area (Å²) < 4.78 is 16.3. The van der Waals surface area contributed by atoms with Gasteiger partial charge in [0.1, 0.15) is 11.9 Å². The van der Waals surface area contributed by atoms with E-state index in [2.05, 4.69) is 10.6 Å². The van der Waals surface area contributed by atoms with Gasteiger partial charge in [-0.15, -0.1) is 0 Å². The fourth-order valence-electron chi connectivity index (χ4n) is 2.16. The predicted molar refractivity (Wildman–Crippen MR) is 79.7 cm³/mol. The van der Waals surface area contributed by atoms with Crippen LogP contribution < -0.4 is 15.4 Å². The van der Waals surface area contributed by atoms with Gasteiger partial charge >= 0.3 is 6.03 Å². The first-order valence-electron chi connectivity index (χ1n) is 6.91. The largest absolute Gasteiger partial charge is 0.495 e. The summed E-state index contributed by atoms with van der Waals surface area (Å²) in [6, 6.07) is 5.30. The standard InChI is InChI=1S/C15H22N2O4/c1-10-5-6-13(19-4)12(7-10)17-14(18)16-8-11-9-20-15(2,3)21-11/h5-7,11H,8-9H2,1-4H3,(H2,16,17,18). The lowest BCUT2D eigenvalue weighted by Gasteiger charge is -2.17. The number of hydrogen-bond donors (Lipinski definition) is 2. The van der Waals surface area contributed by atoms with Crippen molar-refractivity contribution in [3.8, 4) is 5.75 Å². The monoisotopic (exact) mass is 294 g/mol. The smallest absolute Gasteiger partial charge is 0.319 e. The van der Waals surface area contributed by atoms with E-state index in [0.29, 0.717) is 24.6 Å². The molecule has 0 bridgehead atoms. The highest BCUT2D eigenvalue weighted by Gasteiger charge is 2.32. The predicted octanol–water partition coefficient (Wildman–Crippen LogP) is 2.28. The van der Waals surface area contributed by atoms with Crippen LogP contribution in [-0.4, -0.2) is 38.2 Å². The molecule has 2 N–H and O–H groups in total. The van der Waals surface area contributed by atoms with Crippen LogP contribution >= 0.6 is 0 Å². The molecule has 6 nitrogen and oxygen atoms in total. The van der Waals surface area contributed by atoms with Gasteiger partial charge < -0.3 is 24.8 Å². The van der Waals surface area contributed by atoms with Gasteiger partial charge in [-0.3, -0.25) is 0 Å². The maximum atomic E-state index is 11.9. The fraction of sp³-hybridized carbons (Fsp3) is 0.533. The number of amides is 2. The number of hydrogen-bond acceptors (Lipinski definition) is 4. The molecule has 0 aliphatic carbocycles. The van der Waals surface area contributed by atoms with Crippen LogP contribution in [0, 0.1) is 6.92 Å². The van der Waals surface area contributed by atoms with E-state index >= 15 is 0 Å². The van der Waals surface area contributed by atoms with Gasteiger partial charge in [-0.2, -0.15) is 0 Å². The van der Waals surface area contributed by atoms with Crippen molar-refractivity contribution in [1.29, 1.82) is 0 Å². The molecule has 0 aromatic heterocycles. The van der Waals surface area contributed by atoms with Gasteiger partial charge in [0, 0.05) is 6.54 Å². The van der Waals surface area contributed by atoms with Gasteiger partial charge in [0.05, 0.1) is 19.4 Å². The number of anilines is 1. The van der Waals surface area contributed by atoms with Gasteiger partial charge in [-0.05, 0) is 38.5 Å². The third-order valence-electron chi connectivity index (χ3n) is 3.16. The summed E-state index contributed by atoms with van der Waals surface area (Å²) >= 11 is 0. The number of methoxy groups -OCH3 is 1. The molecule has 0 saturated carbocycles. The topological polar surface area (TPSA) is 68.8 Å². The Bertz CT molecular complexity index is 516. The summed E-state index contributed by atoms with van der Waals surface area (Å²) in [7, 11) is 1.57. The molecule has 1 fully saturated rings. The van der Waals surface area contributed by atoms with Crippen molar-refractivity contribution in [2.45, 2.75) is 32.7 Å². The summed E-state index contributed by atoms with van der Waals surface area (Å²) in [5.74, 6) is 0.0418. The molecule has 1 heterocycles. The highest BCUT2D eigenvalue weighted by atomic mass is 16.7. The SMILES string of the molecule is COc1ccc(C)cc1NC(=O)NCC1COC(C)(C)O1. The molecule has 21 heavy (non-hydrogen) atoms. The normalized spacial score (nSPS) is 20.1. The van der Waals surface area contributed by atoms with Crippen molar-refractivity contribution >= 4 is 11.7 Å². The Morgan fingerprint density at radius 2 is 2.24 bits per heavy atom. The molecule has 1 atom stereocenters. The quantitative estimate of drug-likeness (QED) is 0.894. The zero-order valence-electron chi connectivity index (χ0n) is 12.9. The molecule has 0 radical (unpaired) electrons. The van der Waals surface area contributed by atoms with E-state index in [1.165, 1.54) is 0 Å². The molecule has 1 aromatic rings. The highest BCUT2D eigenvalue weighted by molar-refractivity contribution is 5.91. The number of carbonyl (C=O) groups is 1. The molecule has 6 heteroatoms. The Balaban J connectivity index is 1.86. The van der Waals surface area contributed by atoms with Gasteiger partial charge in [-0.25, -0.2) is 4.79 Å². The summed E-state index contributed by atoms with van der Waals surface area (Å²) in [4.78, 5) is 11.9. The molecule has 1 aliphatic rings. The van der Waals surface area contributed by atoms with Gasteiger partial charge in [-0.1, -0.05) is 6.07 Å². The first-order valence-corrected chi connectivity index (χ1v) is 6.91. The summed E-state index contributed by atoms with van der Waals surface area (Å²) in [6.45, 7) is 6.52. The van der Waals surface area contributed by atoms with Crippen molar-refractivity contribution in [2.24, 2.45) is 0 Å². The summed E-state index contributed by atoms with van der Waals surface area (Å²) in [5.41, 5.74) is 1.68. The van der Waals surface area contributed by atoms with Crippen molar-refractivity contribution < 1.29 is 19.0 Å². The maximum Gasteiger partial charge on any atom is 0.319 e. The van der Waals surface area contributed by atoms with Crippen LogP contribution in [-0.2, 0) is 9.47 Å². The van der Waals surface area contributed by atoms with Crippen molar-refractivity contribution in [1.82, 2.24) is 5.32 Å². The molecule has 1 unspecified atom stereocenters. The fourth-order valence-corrected chi connectivity index (χ4v) is 2.16. The minimum atomic E-state index is -0.581. The number of aryl methyl sites for hydroxylation is 1. The summed E-state index contributed by atoms with van der Waals surface area (Å²) in [6.07, 6.45) is -0.134. The summed E-state index contributed by atoms with van der Waals surface area (Å²) in [5, 5.41) is 5.55. The number of ether oxygens (including phenoxy) is 3. The molecule has 116 valence electrons. The lowest BCUT2D eigenvalue weighted by molar-refractivity contribution is -0.137. The van der Waals surface area contributed by atoms with E-state index in [0.717, 1.165) is 5.56 Å². The van der Waals surface area contributed by atoms with Crippen LogP contribution in [0.5, 0.6) is 5.75 Å². The van der Waals surface area contributed by atoms with E-state index in [-0.39, 0.29) is 12.1 Å². The zero-order valence-corrected chi connectivity index (χ0v) is 12.9. The minimum absolute atomic E-state index is 0.134. The van der Waals surface area contributed by atoms with Crippen LogP contribution in [0.1, 0.15) is 19.4 Å². The zero-order chi connectivity index (χ0) is 15.5. The minimum Gasteiger partial charge on any atom is -0.495 e. The third kappa shape index (κ3) is 4.34. The second kappa shape index (κ2) is 6.32. The van der Waals surface area contributed by atoms with E-state index in [9.17, 15) is 4.79 Å². The Labute approximate surface area is 124 Å². The average molecular weight is 294 g/mol. The Morgan fingerprint density at radius 1 is 1.48 bits per heavy atom. The van der Waals surface area contributed by atoms with Gasteiger partial charge in [0.25, 0.3) is 0 Å². The van der Waals surface area contributed by atoms with E-state index < -0.39 is 5.79 Å². The Kier molecular flexibility index (Phi) is 4.69. The second-order valence-electron chi connectivity index (χ2n) is 5.49. The Morgan fingerprint density at radius 3 is 2.86 bits per heavy atom. The van der Waals surface area contributed by atoms with E-state index in [4.69, 9.17) is 14.2 Å². The molecule has 1 aromatic carbocycles. The van der Waals surface area contributed by atoms with Crippen molar-refractivity contribution in [2.75, 3.05) is 25.6 Å². The molecule has 2 rings (SSSR count). The van der Waals surface area contributed by atoms with E-state index in [1.807, 2.05) is 39.0 Å². The number of carbonyl (C=O) groups excluding carboxylic acids is 1. The number of nitrogens with one attached hydrogen (secondary N) is 2. The highest BCUT2D eigenvalue weighted by Crippen LogP contribution is 2.25. The lowest BCUT2D eigenvalue weighted by atomic mass is 10.2. The molecular formula is C15H22N2O4. The lowest BCUT2D eigenvalue weighted by Crippen LogP contribution is -2.37. The average Bonchev–Trinajstić information content (AvgIpc) is 2.76. The molecule has 2 amide bonds. The Hall–Kier alpha value is -1.79. The maximum absolute atomic E-state index is 11.9. The first kappa shape index (κ1) is 15.6. The van der Waals surface area contributed by atoms with Crippen LogP contribution in [0.3, 0.4) is 0 Å². The van der Waals surface area contributed by atoms with Crippen molar-refractivity contribution in [3.63, 3.8) is 0 Å². The number of urea groups is 1. The van der Waals surface area contributed by atoms with Crippen LogP contribution in [0.4, 0.5) is 10.5 Å². The van der Waals surface area contributed by atoms with E-state index in [1.54, 1.807) is 7.11 Å². The van der Waals surface area contributed by atoms with Gasteiger partial charge in [0.15, 0.2) is 5.79 Å². The molecule has 1 aliphatic heterocycles. The number of benzene rings is 1.